The van der Waals surface area contributed by atoms with Gasteiger partial charge in [0, 0.05) is 25.3 Å². The van der Waals surface area contributed by atoms with Gasteiger partial charge in [0.1, 0.15) is 12.0 Å². The predicted molar refractivity (Wildman–Crippen MR) is 70.6 cm³/mol. The van der Waals surface area contributed by atoms with Crippen molar-refractivity contribution in [2.75, 3.05) is 19.0 Å². The number of nitro benzene ring substituents is 1. The van der Waals surface area contributed by atoms with Gasteiger partial charge in [0.15, 0.2) is 0 Å². The quantitative estimate of drug-likeness (QED) is 0.484. The van der Waals surface area contributed by atoms with E-state index < -0.39 is 4.92 Å². The van der Waals surface area contributed by atoms with Crippen LogP contribution in [-0.2, 0) is 4.74 Å². The van der Waals surface area contributed by atoms with Crippen LogP contribution >= 0.6 is 0 Å². The van der Waals surface area contributed by atoms with Gasteiger partial charge >= 0.3 is 0 Å². The smallest absolute Gasteiger partial charge is 0.293 e. The Morgan fingerprint density at radius 2 is 2.26 bits per heavy atom. The SMILES string of the molecule is COC1(CNc2ccc(C=O)cc2[N+](=O)[O-])CCC1. The Balaban J connectivity index is 2.15. The molecule has 0 amide bonds. The first kappa shape index (κ1) is 13.5. The Morgan fingerprint density at radius 1 is 1.53 bits per heavy atom. The maximum atomic E-state index is 11.0. The summed E-state index contributed by atoms with van der Waals surface area (Å²) in [6, 6.07) is 4.39. The molecular weight excluding hydrogens is 248 g/mol. The molecule has 1 aromatic carbocycles. The van der Waals surface area contributed by atoms with Crippen LogP contribution in [-0.4, -0.2) is 30.5 Å². The zero-order chi connectivity index (χ0) is 13.9. The summed E-state index contributed by atoms with van der Waals surface area (Å²) in [4.78, 5) is 21.1. The van der Waals surface area contributed by atoms with Crippen LogP contribution in [0.25, 0.3) is 0 Å². The monoisotopic (exact) mass is 264 g/mol. The van der Waals surface area contributed by atoms with Crippen molar-refractivity contribution in [1.29, 1.82) is 0 Å². The van der Waals surface area contributed by atoms with E-state index in [1.165, 1.54) is 6.07 Å². The zero-order valence-electron chi connectivity index (χ0n) is 10.7. The molecule has 0 aliphatic heterocycles. The highest BCUT2D eigenvalue weighted by Gasteiger charge is 2.37. The van der Waals surface area contributed by atoms with E-state index in [0.29, 0.717) is 24.1 Å². The Hall–Kier alpha value is -1.95. The minimum Gasteiger partial charge on any atom is -0.377 e. The van der Waals surface area contributed by atoms with E-state index in [0.717, 1.165) is 19.3 Å². The highest BCUT2D eigenvalue weighted by atomic mass is 16.6. The molecule has 0 unspecified atom stereocenters. The second kappa shape index (κ2) is 5.36. The van der Waals surface area contributed by atoms with Crippen LogP contribution in [0.3, 0.4) is 0 Å². The van der Waals surface area contributed by atoms with E-state index in [9.17, 15) is 14.9 Å². The highest BCUT2D eigenvalue weighted by molar-refractivity contribution is 5.79. The Kier molecular flexibility index (Phi) is 3.80. The third kappa shape index (κ3) is 2.73. The molecule has 102 valence electrons. The van der Waals surface area contributed by atoms with Crippen molar-refractivity contribution in [1.82, 2.24) is 0 Å². The van der Waals surface area contributed by atoms with Crippen LogP contribution < -0.4 is 5.32 Å². The molecule has 0 spiro atoms. The summed E-state index contributed by atoms with van der Waals surface area (Å²) in [5, 5.41) is 14.0. The molecule has 0 heterocycles. The lowest BCUT2D eigenvalue weighted by Crippen LogP contribution is -2.45. The molecule has 0 bridgehead atoms. The number of hydrogen-bond donors (Lipinski definition) is 1. The second-order valence-corrected chi connectivity index (χ2v) is 4.75. The van der Waals surface area contributed by atoms with Crippen molar-refractivity contribution in [3.63, 3.8) is 0 Å². The first-order valence-electron chi connectivity index (χ1n) is 6.13. The number of ether oxygens (including phenoxy) is 1. The fourth-order valence-electron chi connectivity index (χ4n) is 2.20. The lowest BCUT2D eigenvalue weighted by atomic mass is 9.80. The third-order valence-corrected chi connectivity index (χ3v) is 3.65. The number of nitro groups is 1. The van der Waals surface area contributed by atoms with Crippen LogP contribution in [0.5, 0.6) is 0 Å². The fraction of sp³-hybridized carbons (Fsp3) is 0.462. The van der Waals surface area contributed by atoms with E-state index in [1.54, 1.807) is 19.2 Å². The number of aldehydes is 1. The van der Waals surface area contributed by atoms with Crippen molar-refractivity contribution < 1.29 is 14.5 Å². The van der Waals surface area contributed by atoms with Crippen LogP contribution in [0.2, 0.25) is 0 Å². The molecule has 6 heteroatoms. The number of hydrogen-bond acceptors (Lipinski definition) is 5. The molecule has 19 heavy (non-hydrogen) atoms. The van der Waals surface area contributed by atoms with Gasteiger partial charge in [-0.2, -0.15) is 0 Å². The van der Waals surface area contributed by atoms with Gasteiger partial charge in [-0.05, 0) is 31.4 Å². The molecule has 0 atom stereocenters. The normalized spacial score (nSPS) is 16.5. The number of carbonyl (C=O) groups excluding carboxylic acids is 1. The van der Waals surface area contributed by atoms with Crippen molar-refractivity contribution >= 4 is 17.7 Å². The van der Waals surface area contributed by atoms with Crippen LogP contribution in [0.1, 0.15) is 29.6 Å². The van der Waals surface area contributed by atoms with Gasteiger partial charge in [0.2, 0.25) is 0 Å². The molecule has 0 aromatic heterocycles. The average molecular weight is 264 g/mol. The maximum Gasteiger partial charge on any atom is 0.293 e. The first-order valence-corrected chi connectivity index (χ1v) is 6.13. The standard InChI is InChI=1S/C13H16N2O4/c1-19-13(5-2-6-13)9-14-11-4-3-10(8-16)7-12(11)15(17)18/h3-4,7-8,14H,2,5-6,9H2,1H3. The van der Waals surface area contributed by atoms with Gasteiger partial charge in [-0.15, -0.1) is 0 Å². The summed E-state index contributed by atoms with van der Waals surface area (Å²) in [6.45, 7) is 0.533. The molecule has 0 saturated heterocycles. The lowest BCUT2D eigenvalue weighted by molar-refractivity contribution is -0.384. The van der Waals surface area contributed by atoms with Gasteiger partial charge in [0.05, 0.1) is 10.5 Å². The van der Waals surface area contributed by atoms with E-state index in [2.05, 4.69) is 5.32 Å². The molecule has 1 fully saturated rings. The van der Waals surface area contributed by atoms with Crippen molar-refractivity contribution in [3.05, 3.63) is 33.9 Å². The first-order chi connectivity index (χ1) is 9.10. The molecular formula is C13H16N2O4. The Labute approximate surface area is 110 Å². The molecule has 1 aromatic rings. The number of benzene rings is 1. The number of nitrogens with one attached hydrogen (secondary N) is 1. The van der Waals surface area contributed by atoms with Crippen LogP contribution in [0.15, 0.2) is 18.2 Å². The van der Waals surface area contributed by atoms with Crippen LogP contribution in [0, 0.1) is 10.1 Å². The third-order valence-electron chi connectivity index (χ3n) is 3.65. The summed E-state index contributed by atoms with van der Waals surface area (Å²) in [7, 11) is 1.66. The molecule has 1 N–H and O–H groups in total. The lowest BCUT2D eigenvalue weighted by Gasteiger charge is -2.40. The predicted octanol–water partition coefficient (Wildman–Crippen LogP) is 2.39. The minimum atomic E-state index is -0.490. The molecule has 2 rings (SSSR count). The van der Waals surface area contributed by atoms with Crippen molar-refractivity contribution in [2.45, 2.75) is 24.9 Å². The number of anilines is 1. The largest absolute Gasteiger partial charge is 0.377 e. The molecule has 0 radical (unpaired) electrons. The van der Waals surface area contributed by atoms with Gasteiger partial charge in [-0.1, -0.05) is 0 Å². The molecule has 1 aliphatic carbocycles. The zero-order valence-corrected chi connectivity index (χ0v) is 10.7. The summed E-state index contributed by atoms with van der Waals surface area (Å²) in [5.41, 5.74) is 0.411. The van der Waals surface area contributed by atoms with E-state index in [1.807, 2.05) is 0 Å². The van der Waals surface area contributed by atoms with Crippen molar-refractivity contribution in [2.24, 2.45) is 0 Å². The average Bonchev–Trinajstić information content (AvgIpc) is 2.38. The van der Waals surface area contributed by atoms with Gasteiger partial charge in [-0.25, -0.2) is 0 Å². The second-order valence-electron chi connectivity index (χ2n) is 4.75. The maximum absolute atomic E-state index is 11.0. The molecule has 1 saturated carbocycles. The van der Waals surface area contributed by atoms with Gasteiger partial charge in [0.25, 0.3) is 5.69 Å². The number of rotatable bonds is 6. The number of nitrogens with zero attached hydrogens (tertiary/aromatic N) is 1. The Bertz CT molecular complexity index is 492. The Morgan fingerprint density at radius 3 is 2.74 bits per heavy atom. The topological polar surface area (TPSA) is 81.5 Å². The molecule has 6 nitrogen and oxygen atoms in total. The van der Waals surface area contributed by atoms with Crippen molar-refractivity contribution in [3.8, 4) is 0 Å². The summed E-state index contributed by atoms with van der Waals surface area (Å²) >= 11 is 0. The van der Waals surface area contributed by atoms with E-state index in [-0.39, 0.29) is 11.3 Å². The minimum absolute atomic E-state index is 0.0878. The van der Waals surface area contributed by atoms with Crippen LogP contribution in [0.4, 0.5) is 11.4 Å². The molecule has 1 aliphatic rings. The summed E-state index contributed by atoms with van der Waals surface area (Å²) in [6.07, 6.45) is 3.62. The van der Waals surface area contributed by atoms with E-state index >= 15 is 0 Å². The number of methoxy groups -OCH3 is 1. The van der Waals surface area contributed by atoms with Gasteiger partial charge in [-0.3, -0.25) is 14.9 Å². The van der Waals surface area contributed by atoms with Gasteiger partial charge < -0.3 is 10.1 Å². The fourth-order valence-corrected chi connectivity index (χ4v) is 2.20. The summed E-state index contributed by atoms with van der Waals surface area (Å²) < 4.78 is 5.45. The number of carbonyl (C=O) groups is 1. The summed E-state index contributed by atoms with van der Waals surface area (Å²) in [5.74, 6) is 0. The van der Waals surface area contributed by atoms with E-state index in [4.69, 9.17) is 4.74 Å². The highest BCUT2D eigenvalue weighted by Crippen LogP contribution is 2.36.